The molecule has 9 heteroatoms. The second-order valence-electron chi connectivity index (χ2n) is 10.7. The second kappa shape index (κ2) is 7.62. The van der Waals surface area contributed by atoms with Gasteiger partial charge in [-0.1, -0.05) is 38.5 Å². The SMILES string of the molecule is CC[C@H]1CC[C@H]2[C@@H]3[C@@H](OS(C)(=O)=O)[C@@H](OS(C)(=O)=O)C4=CCC=C[C@]4(C)[C@@]3(F)CC[C@]12C. The van der Waals surface area contributed by atoms with Crippen molar-refractivity contribution in [2.45, 2.75) is 77.2 Å². The Hall–Kier alpha value is -0.770. The molecular weight excluding hydrogens is 455 g/mol. The lowest BCUT2D eigenvalue weighted by Crippen LogP contribution is -2.68. The molecule has 0 amide bonds. The topological polar surface area (TPSA) is 86.7 Å². The van der Waals surface area contributed by atoms with Crippen LogP contribution in [0.2, 0.25) is 0 Å². The molecule has 32 heavy (non-hydrogen) atoms. The third-order valence-corrected chi connectivity index (χ3v) is 10.1. The molecule has 0 heterocycles. The first kappa shape index (κ1) is 24.4. The molecule has 0 bridgehead atoms. The summed E-state index contributed by atoms with van der Waals surface area (Å²) in [7, 11) is -7.96. The minimum absolute atomic E-state index is 0.127. The van der Waals surface area contributed by atoms with Gasteiger partial charge in [0.05, 0.1) is 12.5 Å². The maximum Gasteiger partial charge on any atom is 0.265 e. The third-order valence-electron chi connectivity index (χ3n) is 9.00. The Balaban J connectivity index is 1.94. The fourth-order valence-corrected chi connectivity index (χ4v) is 8.81. The molecule has 0 aliphatic heterocycles. The van der Waals surface area contributed by atoms with Crippen molar-refractivity contribution in [2.24, 2.45) is 28.6 Å². The quantitative estimate of drug-likeness (QED) is 0.425. The van der Waals surface area contributed by atoms with Crippen molar-refractivity contribution in [3.05, 3.63) is 23.8 Å². The molecule has 4 aliphatic rings. The average Bonchev–Trinajstić information content (AvgIpc) is 2.99. The summed E-state index contributed by atoms with van der Waals surface area (Å²) in [5, 5.41) is 0. The lowest BCUT2D eigenvalue weighted by atomic mass is 9.45. The fraction of sp³-hybridized carbons (Fsp3) is 0.826. The first-order valence-electron chi connectivity index (χ1n) is 11.5. The summed E-state index contributed by atoms with van der Waals surface area (Å²) in [6, 6.07) is 0. The Morgan fingerprint density at radius 1 is 1.06 bits per heavy atom. The highest BCUT2D eigenvalue weighted by atomic mass is 32.2. The first-order chi connectivity index (χ1) is 14.7. The van der Waals surface area contributed by atoms with Crippen LogP contribution in [-0.4, -0.2) is 47.2 Å². The van der Waals surface area contributed by atoms with E-state index in [9.17, 15) is 16.8 Å². The molecule has 0 saturated heterocycles. The van der Waals surface area contributed by atoms with Gasteiger partial charge in [-0.15, -0.1) is 0 Å². The standard InChI is InChI=1S/C23H35FO6S2/c1-6-15-10-11-16-18-20(30-32(5,27)28)19(29-31(4,25)26)17-9-7-8-12-22(17,3)23(18,24)14-13-21(15,16)2/h8-9,12,15-16,18-20H,6-7,10-11,13-14H2,1-5H3/t15-,16-,18+,19-,20+,21+,22-,23+/m0/s1. The average molecular weight is 491 g/mol. The smallest absolute Gasteiger partial charge is 0.263 e. The van der Waals surface area contributed by atoms with Gasteiger partial charge in [0.1, 0.15) is 17.9 Å². The number of fused-ring (bicyclic) bond motifs is 5. The number of allylic oxidation sites excluding steroid dienone is 3. The summed E-state index contributed by atoms with van der Waals surface area (Å²) in [6.07, 6.45) is 9.12. The summed E-state index contributed by atoms with van der Waals surface area (Å²) in [4.78, 5) is 0. The second-order valence-corrected chi connectivity index (χ2v) is 13.9. The maximum absolute atomic E-state index is 17.4. The maximum atomic E-state index is 17.4. The lowest BCUT2D eigenvalue weighted by molar-refractivity contribution is -0.182. The minimum Gasteiger partial charge on any atom is -0.263 e. The summed E-state index contributed by atoms with van der Waals surface area (Å²) in [6.45, 7) is 6.13. The summed E-state index contributed by atoms with van der Waals surface area (Å²) in [5.41, 5.74) is -2.55. The highest BCUT2D eigenvalue weighted by Crippen LogP contribution is 2.70. The van der Waals surface area contributed by atoms with Gasteiger partial charge in [-0.05, 0) is 61.9 Å². The van der Waals surface area contributed by atoms with Crippen LogP contribution in [-0.2, 0) is 28.6 Å². The van der Waals surface area contributed by atoms with Gasteiger partial charge in [0.2, 0.25) is 0 Å². The van der Waals surface area contributed by atoms with Gasteiger partial charge in [0, 0.05) is 11.3 Å². The van der Waals surface area contributed by atoms with Gasteiger partial charge in [0.15, 0.2) is 0 Å². The molecule has 6 nitrogen and oxygen atoms in total. The zero-order chi connectivity index (χ0) is 23.7. The van der Waals surface area contributed by atoms with Gasteiger partial charge >= 0.3 is 0 Å². The number of alkyl halides is 1. The Morgan fingerprint density at radius 3 is 2.31 bits per heavy atom. The Labute approximate surface area is 191 Å². The van der Waals surface area contributed by atoms with E-state index in [0.717, 1.165) is 31.8 Å². The van der Waals surface area contributed by atoms with Crippen molar-refractivity contribution in [3.63, 3.8) is 0 Å². The molecule has 182 valence electrons. The molecule has 0 aromatic heterocycles. The molecular formula is C23H35FO6S2. The van der Waals surface area contributed by atoms with Crippen molar-refractivity contribution in [3.8, 4) is 0 Å². The van der Waals surface area contributed by atoms with E-state index in [1.165, 1.54) is 0 Å². The Kier molecular flexibility index (Phi) is 5.80. The molecule has 0 N–H and O–H groups in total. The predicted octanol–water partition coefficient (Wildman–Crippen LogP) is 4.14. The van der Waals surface area contributed by atoms with Crippen LogP contribution in [0.3, 0.4) is 0 Å². The zero-order valence-electron chi connectivity index (χ0n) is 19.5. The summed E-state index contributed by atoms with van der Waals surface area (Å²) >= 11 is 0. The number of halogens is 1. The predicted molar refractivity (Wildman–Crippen MR) is 121 cm³/mol. The van der Waals surface area contributed by atoms with Crippen LogP contribution in [0.25, 0.3) is 0 Å². The molecule has 0 unspecified atom stereocenters. The molecule has 0 spiro atoms. The highest BCUT2D eigenvalue weighted by molar-refractivity contribution is 7.86. The molecule has 4 aliphatic carbocycles. The zero-order valence-corrected chi connectivity index (χ0v) is 21.1. The van der Waals surface area contributed by atoms with Crippen LogP contribution in [0, 0.1) is 28.6 Å². The highest BCUT2D eigenvalue weighted by Gasteiger charge is 2.71. The molecule has 8 atom stereocenters. The van der Waals surface area contributed by atoms with Crippen LogP contribution in [0.5, 0.6) is 0 Å². The largest absolute Gasteiger partial charge is 0.265 e. The number of hydrogen-bond acceptors (Lipinski definition) is 6. The van der Waals surface area contributed by atoms with Crippen molar-refractivity contribution in [1.29, 1.82) is 0 Å². The minimum atomic E-state index is -4.00. The van der Waals surface area contributed by atoms with Gasteiger partial charge < -0.3 is 0 Å². The van der Waals surface area contributed by atoms with Gasteiger partial charge in [-0.2, -0.15) is 16.8 Å². The van der Waals surface area contributed by atoms with Gasteiger partial charge in [-0.25, -0.2) is 4.39 Å². The Morgan fingerprint density at radius 2 is 1.72 bits per heavy atom. The van der Waals surface area contributed by atoms with Crippen molar-refractivity contribution in [1.82, 2.24) is 0 Å². The first-order valence-corrected chi connectivity index (χ1v) is 15.1. The van der Waals surface area contributed by atoms with E-state index in [4.69, 9.17) is 8.37 Å². The molecule has 0 radical (unpaired) electrons. The van der Waals surface area contributed by atoms with E-state index in [-0.39, 0.29) is 17.8 Å². The van der Waals surface area contributed by atoms with Crippen molar-refractivity contribution >= 4 is 20.2 Å². The van der Waals surface area contributed by atoms with Gasteiger partial charge in [0.25, 0.3) is 20.2 Å². The van der Waals surface area contributed by atoms with Crippen LogP contribution in [0.4, 0.5) is 4.39 Å². The summed E-state index contributed by atoms with van der Waals surface area (Å²) < 4.78 is 77.7. The van der Waals surface area contributed by atoms with Crippen LogP contribution in [0.15, 0.2) is 23.8 Å². The van der Waals surface area contributed by atoms with E-state index in [1.54, 1.807) is 13.0 Å². The lowest BCUT2D eigenvalue weighted by Gasteiger charge is -2.63. The van der Waals surface area contributed by atoms with Crippen molar-refractivity contribution < 1.29 is 29.6 Å². The number of rotatable bonds is 5. The Bertz CT molecular complexity index is 1050. The molecule has 0 aromatic carbocycles. The van der Waals surface area contributed by atoms with E-state index in [0.29, 0.717) is 24.3 Å². The summed E-state index contributed by atoms with van der Waals surface area (Å²) in [5.74, 6) is -0.515. The normalized spacial score (nSPS) is 46.2. The monoisotopic (exact) mass is 490 g/mol. The molecule has 3 fully saturated rings. The van der Waals surface area contributed by atoms with E-state index >= 15 is 4.39 Å². The van der Waals surface area contributed by atoms with Crippen LogP contribution < -0.4 is 0 Å². The molecule has 0 aromatic rings. The third kappa shape index (κ3) is 3.62. The van der Waals surface area contributed by atoms with Crippen LogP contribution in [0.1, 0.15) is 59.3 Å². The van der Waals surface area contributed by atoms with E-state index < -0.39 is 49.4 Å². The van der Waals surface area contributed by atoms with Gasteiger partial charge in [-0.3, -0.25) is 8.37 Å². The number of hydrogen-bond donors (Lipinski definition) is 0. The molecule has 3 saturated carbocycles. The fourth-order valence-electron chi connectivity index (χ4n) is 7.59. The van der Waals surface area contributed by atoms with Crippen molar-refractivity contribution in [2.75, 3.05) is 12.5 Å². The van der Waals surface area contributed by atoms with E-state index in [2.05, 4.69) is 13.8 Å². The van der Waals surface area contributed by atoms with Crippen LogP contribution >= 0.6 is 0 Å². The van der Waals surface area contributed by atoms with E-state index in [1.807, 2.05) is 12.2 Å². The molecule has 4 rings (SSSR count).